The van der Waals surface area contributed by atoms with Crippen LogP contribution in [0.1, 0.15) is 6.92 Å². The minimum Gasteiger partial charge on any atom is -0.480 e. The molecule has 1 unspecified atom stereocenters. The number of carboxylic acid groups (broad SMARTS) is 1. The van der Waals surface area contributed by atoms with Crippen molar-refractivity contribution in [1.82, 2.24) is 5.32 Å². The molecule has 0 aromatic heterocycles. The van der Waals surface area contributed by atoms with Gasteiger partial charge in [0.1, 0.15) is 6.54 Å². The molecule has 1 aliphatic heterocycles. The Labute approximate surface area is 121 Å². The first-order valence-electron chi connectivity index (χ1n) is 6.60. The highest BCUT2D eigenvalue weighted by atomic mass is 16.4. The lowest BCUT2D eigenvalue weighted by Gasteiger charge is -2.24. The van der Waals surface area contributed by atoms with Crippen LogP contribution in [0.4, 0.5) is 11.4 Å². The summed E-state index contributed by atoms with van der Waals surface area (Å²) in [5, 5.41) is 13.7. The second-order valence-corrected chi connectivity index (χ2v) is 4.96. The number of nitrogens with one attached hydrogen (secondary N) is 2. The Kier molecular flexibility index (Phi) is 4.42. The first-order valence-corrected chi connectivity index (χ1v) is 6.60. The summed E-state index contributed by atoms with van der Waals surface area (Å²) in [6, 6.07) is 7.21. The standard InChI is InChI=1S/C14H17N3O4/c1-9-7-17(8-12(18)15-6-13(19)20)11-5-3-2-4-10(11)16-14(9)21/h2-5,9H,6-8H2,1H3,(H,15,18)(H,16,21)(H,19,20). The monoisotopic (exact) mass is 291 g/mol. The van der Waals surface area contributed by atoms with E-state index in [0.717, 1.165) is 5.69 Å². The molecule has 0 aliphatic carbocycles. The third-order valence-corrected chi connectivity index (χ3v) is 3.22. The van der Waals surface area contributed by atoms with Crippen LogP contribution in [0.5, 0.6) is 0 Å². The number of hydrogen-bond acceptors (Lipinski definition) is 4. The summed E-state index contributed by atoms with van der Waals surface area (Å²) in [5.41, 5.74) is 1.40. The average molecular weight is 291 g/mol. The molecule has 0 radical (unpaired) electrons. The fourth-order valence-corrected chi connectivity index (χ4v) is 2.18. The summed E-state index contributed by atoms with van der Waals surface area (Å²) in [4.78, 5) is 35.9. The van der Waals surface area contributed by atoms with Gasteiger partial charge in [-0.05, 0) is 12.1 Å². The van der Waals surface area contributed by atoms with Gasteiger partial charge in [0.15, 0.2) is 0 Å². The SMILES string of the molecule is CC1CN(CC(=O)NCC(=O)O)c2ccccc2NC1=O. The van der Waals surface area contributed by atoms with Crippen LogP contribution in [0.15, 0.2) is 24.3 Å². The van der Waals surface area contributed by atoms with Crippen molar-refractivity contribution in [3.05, 3.63) is 24.3 Å². The van der Waals surface area contributed by atoms with Crippen LogP contribution in [0.25, 0.3) is 0 Å². The lowest BCUT2D eigenvalue weighted by atomic mass is 10.1. The molecular weight excluding hydrogens is 274 g/mol. The van der Waals surface area contributed by atoms with Gasteiger partial charge in [-0.3, -0.25) is 14.4 Å². The number of carbonyl (C=O) groups excluding carboxylic acids is 2. The number of carboxylic acids is 1. The molecule has 0 bridgehead atoms. The molecule has 1 aromatic rings. The van der Waals surface area contributed by atoms with E-state index >= 15 is 0 Å². The van der Waals surface area contributed by atoms with E-state index in [-0.39, 0.29) is 18.4 Å². The summed E-state index contributed by atoms with van der Waals surface area (Å²) >= 11 is 0. The number of hydrogen-bond donors (Lipinski definition) is 3. The van der Waals surface area contributed by atoms with Gasteiger partial charge in [0.25, 0.3) is 0 Å². The molecule has 0 saturated carbocycles. The zero-order chi connectivity index (χ0) is 15.4. The van der Waals surface area contributed by atoms with Gasteiger partial charge in [-0.2, -0.15) is 0 Å². The van der Waals surface area contributed by atoms with Gasteiger partial charge < -0.3 is 20.6 Å². The third kappa shape index (κ3) is 3.71. The molecule has 0 spiro atoms. The van der Waals surface area contributed by atoms with Crippen molar-refractivity contribution in [2.75, 3.05) is 29.9 Å². The largest absolute Gasteiger partial charge is 0.480 e. The Morgan fingerprint density at radius 2 is 2.14 bits per heavy atom. The van der Waals surface area contributed by atoms with E-state index in [1.165, 1.54) is 0 Å². The number of rotatable bonds is 4. The van der Waals surface area contributed by atoms with Crippen molar-refractivity contribution in [3.63, 3.8) is 0 Å². The van der Waals surface area contributed by atoms with Gasteiger partial charge >= 0.3 is 5.97 Å². The second kappa shape index (κ2) is 6.25. The number of anilines is 2. The van der Waals surface area contributed by atoms with Crippen LogP contribution >= 0.6 is 0 Å². The van der Waals surface area contributed by atoms with E-state index in [1.54, 1.807) is 24.0 Å². The number of para-hydroxylation sites is 2. The van der Waals surface area contributed by atoms with E-state index in [1.807, 2.05) is 12.1 Å². The molecule has 0 fully saturated rings. The molecule has 1 atom stereocenters. The predicted octanol–water partition coefficient (Wildman–Crippen LogP) is 0.282. The topological polar surface area (TPSA) is 98.7 Å². The molecule has 1 aromatic carbocycles. The van der Waals surface area contributed by atoms with E-state index in [2.05, 4.69) is 10.6 Å². The first-order chi connectivity index (χ1) is 9.97. The van der Waals surface area contributed by atoms with Crippen molar-refractivity contribution in [2.45, 2.75) is 6.92 Å². The van der Waals surface area contributed by atoms with Crippen LogP contribution in [0.2, 0.25) is 0 Å². The Morgan fingerprint density at radius 3 is 2.86 bits per heavy atom. The fourth-order valence-electron chi connectivity index (χ4n) is 2.18. The van der Waals surface area contributed by atoms with E-state index in [4.69, 9.17) is 5.11 Å². The van der Waals surface area contributed by atoms with E-state index < -0.39 is 18.4 Å². The lowest BCUT2D eigenvalue weighted by Crippen LogP contribution is -2.41. The second-order valence-electron chi connectivity index (χ2n) is 4.96. The quantitative estimate of drug-likeness (QED) is 0.740. The first kappa shape index (κ1) is 14.8. The molecule has 21 heavy (non-hydrogen) atoms. The molecule has 0 saturated heterocycles. The molecule has 7 nitrogen and oxygen atoms in total. The van der Waals surface area contributed by atoms with Crippen LogP contribution in [0, 0.1) is 5.92 Å². The Hall–Kier alpha value is -2.57. The molecule has 7 heteroatoms. The van der Waals surface area contributed by atoms with Crippen molar-refractivity contribution in [3.8, 4) is 0 Å². The highest BCUT2D eigenvalue weighted by Gasteiger charge is 2.25. The van der Waals surface area contributed by atoms with Crippen molar-refractivity contribution >= 4 is 29.2 Å². The number of carbonyl (C=O) groups is 3. The minimum atomic E-state index is -1.09. The zero-order valence-corrected chi connectivity index (χ0v) is 11.6. The Balaban J connectivity index is 2.15. The van der Waals surface area contributed by atoms with Crippen molar-refractivity contribution in [2.24, 2.45) is 5.92 Å². The van der Waals surface area contributed by atoms with Crippen LogP contribution < -0.4 is 15.5 Å². The van der Waals surface area contributed by atoms with Crippen molar-refractivity contribution in [1.29, 1.82) is 0 Å². The van der Waals surface area contributed by atoms with Crippen LogP contribution in [-0.2, 0) is 14.4 Å². The molecule has 112 valence electrons. The minimum absolute atomic E-state index is 0.00356. The molecule has 3 N–H and O–H groups in total. The smallest absolute Gasteiger partial charge is 0.322 e. The summed E-state index contributed by atoms with van der Waals surface area (Å²) in [5.74, 6) is -1.86. The van der Waals surface area contributed by atoms with Crippen LogP contribution in [0.3, 0.4) is 0 Å². The molecule has 1 aliphatic rings. The molecule has 2 rings (SSSR count). The third-order valence-electron chi connectivity index (χ3n) is 3.22. The highest BCUT2D eigenvalue weighted by molar-refractivity contribution is 5.98. The number of aliphatic carboxylic acids is 1. The lowest BCUT2D eigenvalue weighted by molar-refractivity contribution is -0.137. The van der Waals surface area contributed by atoms with E-state index in [9.17, 15) is 14.4 Å². The van der Waals surface area contributed by atoms with Gasteiger partial charge in [-0.25, -0.2) is 0 Å². The number of fused-ring (bicyclic) bond motifs is 1. The summed E-state index contributed by atoms with van der Waals surface area (Å²) < 4.78 is 0. The maximum absolute atomic E-state index is 11.9. The van der Waals surface area contributed by atoms with Gasteiger partial charge in [0.2, 0.25) is 11.8 Å². The fraction of sp³-hybridized carbons (Fsp3) is 0.357. The number of benzene rings is 1. The van der Waals surface area contributed by atoms with Crippen molar-refractivity contribution < 1.29 is 19.5 Å². The van der Waals surface area contributed by atoms with Gasteiger partial charge in [-0.1, -0.05) is 19.1 Å². The summed E-state index contributed by atoms with van der Waals surface area (Å²) in [7, 11) is 0. The van der Waals surface area contributed by atoms with Gasteiger partial charge in [-0.15, -0.1) is 0 Å². The Bertz CT molecular complexity index is 573. The maximum atomic E-state index is 11.9. The van der Waals surface area contributed by atoms with E-state index in [0.29, 0.717) is 12.2 Å². The van der Waals surface area contributed by atoms with Gasteiger partial charge in [0, 0.05) is 6.54 Å². The van der Waals surface area contributed by atoms with Gasteiger partial charge in [0.05, 0.1) is 23.8 Å². The summed E-state index contributed by atoms with van der Waals surface area (Å²) in [6.45, 7) is 1.76. The Morgan fingerprint density at radius 1 is 1.43 bits per heavy atom. The summed E-state index contributed by atoms with van der Waals surface area (Å²) in [6.07, 6.45) is 0. The molecular formula is C14H17N3O4. The molecule has 2 amide bonds. The maximum Gasteiger partial charge on any atom is 0.322 e. The highest BCUT2D eigenvalue weighted by Crippen LogP contribution is 2.29. The predicted molar refractivity (Wildman–Crippen MR) is 77.1 cm³/mol. The van der Waals surface area contributed by atoms with Crippen LogP contribution in [-0.4, -0.2) is 42.5 Å². The number of amides is 2. The molecule has 1 heterocycles. The normalized spacial score (nSPS) is 17.5. The average Bonchev–Trinajstić information content (AvgIpc) is 2.55. The zero-order valence-electron chi connectivity index (χ0n) is 11.6. The number of nitrogens with zero attached hydrogens (tertiary/aromatic N) is 1.